The second-order valence-corrected chi connectivity index (χ2v) is 16.4. The lowest BCUT2D eigenvalue weighted by Crippen LogP contribution is -2.44. The molecule has 2 heterocycles. The van der Waals surface area contributed by atoms with Gasteiger partial charge >= 0.3 is 5.97 Å². The van der Waals surface area contributed by atoms with Gasteiger partial charge in [0.2, 0.25) is 5.78 Å². The van der Waals surface area contributed by atoms with E-state index >= 15 is 0 Å². The molecule has 1 aliphatic carbocycles. The van der Waals surface area contributed by atoms with Gasteiger partial charge < -0.3 is 35.1 Å². The largest absolute Gasteiger partial charge is 0.507 e. The van der Waals surface area contributed by atoms with E-state index in [0.717, 1.165) is 19.3 Å². The van der Waals surface area contributed by atoms with Crippen LogP contribution in [0.15, 0.2) is 40.2 Å². The minimum Gasteiger partial charge on any atom is -0.507 e. The zero-order chi connectivity index (χ0) is 42.3. The van der Waals surface area contributed by atoms with Gasteiger partial charge in [-0.05, 0) is 64.2 Å². The lowest BCUT2D eigenvalue weighted by Gasteiger charge is -2.37. The Bertz CT molecular complexity index is 1810. The van der Waals surface area contributed by atoms with Gasteiger partial charge in [-0.25, -0.2) is 0 Å². The number of esters is 1. The Morgan fingerprint density at radius 3 is 2.35 bits per heavy atom. The zero-order valence-electron chi connectivity index (χ0n) is 35.8. The number of methoxy groups -OCH3 is 1. The fourth-order valence-electron chi connectivity index (χ4n) is 8.61. The van der Waals surface area contributed by atoms with E-state index in [0.29, 0.717) is 35.7 Å². The second kappa shape index (κ2) is 19.9. The number of hydrogen-bond donors (Lipinski definition) is 4. The molecule has 2 aliphatic heterocycles. The van der Waals surface area contributed by atoms with Gasteiger partial charge in [0.15, 0.2) is 5.78 Å². The number of rotatable bonds is 9. The quantitative estimate of drug-likeness (QED) is 0.186. The number of benzene rings is 1. The van der Waals surface area contributed by atoms with Crippen molar-refractivity contribution in [1.82, 2.24) is 10.6 Å². The first kappa shape index (κ1) is 45.4. The third kappa shape index (κ3) is 10.2. The number of hydrogen-bond acceptors (Lipinski definition) is 11. The van der Waals surface area contributed by atoms with Crippen LogP contribution >= 0.6 is 0 Å². The van der Waals surface area contributed by atoms with Crippen LogP contribution in [-0.4, -0.2) is 77.6 Å². The first-order valence-electron chi connectivity index (χ1n) is 20.7. The predicted octanol–water partition coefficient (Wildman–Crippen LogP) is 7.28. The second-order valence-electron chi connectivity index (χ2n) is 16.4. The number of carbonyl (C=O) groups is 4. The smallest absolute Gasteiger partial charge is 0.302 e. The minimum atomic E-state index is -0.823. The highest BCUT2D eigenvalue weighted by atomic mass is 16.5. The average Bonchev–Trinajstić information content (AvgIpc) is 3.59. The molecule has 314 valence electrons. The number of nitrogens with zero attached hydrogens (tertiary/aromatic N) is 1. The van der Waals surface area contributed by atoms with Crippen LogP contribution in [0.4, 0.5) is 0 Å². The number of aliphatic hydroxyl groups excluding tert-OH is 1. The molecule has 1 unspecified atom stereocenters. The average molecular weight is 792 g/mol. The van der Waals surface area contributed by atoms with E-state index in [1.807, 2.05) is 33.8 Å². The van der Waals surface area contributed by atoms with Gasteiger partial charge in [0.1, 0.15) is 29.5 Å². The fourth-order valence-corrected chi connectivity index (χ4v) is 8.61. The van der Waals surface area contributed by atoms with Crippen LogP contribution in [0.1, 0.15) is 139 Å². The highest BCUT2D eigenvalue weighted by Crippen LogP contribution is 2.45. The van der Waals surface area contributed by atoms with Crippen molar-refractivity contribution in [3.05, 3.63) is 57.4 Å². The van der Waals surface area contributed by atoms with Crippen molar-refractivity contribution in [2.75, 3.05) is 13.7 Å². The Morgan fingerprint density at radius 1 is 1.02 bits per heavy atom. The number of aliphatic hydroxyl groups is 1. The number of aromatic hydroxyl groups is 1. The number of carbonyl (C=O) groups excluding carboxylic acids is 4. The van der Waals surface area contributed by atoms with Gasteiger partial charge in [0.05, 0.1) is 41.4 Å². The van der Waals surface area contributed by atoms with E-state index in [4.69, 9.17) is 19.2 Å². The lowest BCUT2D eigenvalue weighted by atomic mass is 9.78. The lowest BCUT2D eigenvalue weighted by molar-refractivity contribution is -0.160. The third-order valence-corrected chi connectivity index (χ3v) is 11.8. The first-order valence-corrected chi connectivity index (χ1v) is 20.7. The van der Waals surface area contributed by atoms with E-state index < -0.39 is 54.0 Å². The number of nitrogens with one attached hydrogen (secondary N) is 2. The molecule has 0 aromatic heterocycles. The summed E-state index contributed by atoms with van der Waals surface area (Å²) in [5.74, 6) is -2.81. The van der Waals surface area contributed by atoms with Crippen molar-refractivity contribution in [2.24, 2.45) is 34.6 Å². The van der Waals surface area contributed by atoms with Gasteiger partial charge in [-0.1, -0.05) is 72.6 Å². The molecule has 3 aliphatic rings. The van der Waals surface area contributed by atoms with Crippen molar-refractivity contribution in [1.29, 1.82) is 0 Å². The highest BCUT2D eigenvalue weighted by molar-refractivity contribution is 6.33. The number of ether oxygens (including phenoxy) is 3. The van der Waals surface area contributed by atoms with E-state index in [-0.39, 0.29) is 76.5 Å². The third-order valence-electron chi connectivity index (χ3n) is 11.8. The number of ketones is 2. The maximum Gasteiger partial charge on any atom is 0.302 e. The first-order chi connectivity index (χ1) is 27.0. The van der Waals surface area contributed by atoms with Gasteiger partial charge in [-0.3, -0.25) is 24.2 Å². The summed E-state index contributed by atoms with van der Waals surface area (Å²) in [6.45, 7) is 18.6. The number of phenols is 1. The van der Waals surface area contributed by atoms with E-state index in [2.05, 4.69) is 24.5 Å². The van der Waals surface area contributed by atoms with Gasteiger partial charge in [-0.2, -0.15) is 0 Å². The van der Waals surface area contributed by atoms with Crippen molar-refractivity contribution >= 4 is 29.2 Å². The van der Waals surface area contributed by atoms with E-state index in [9.17, 15) is 29.4 Å². The normalized spacial score (nSPS) is 29.5. The molecule has 1 aromatic carbocycles. The molecule has 1 aromatic rings. The summed E-state index contributed by atoms with van der Waals surface area (Å²) in [7, 11) is 1.54. The number of allylic oxidation sites excluding steroid dienone is 5. The molecule has 0 saturated heterocycles. The van der Waals surface area contributed by atoms with Gasteiger partial charge in [-0.15, -0.1) is 0 Å². The molecule has 0 fully saturated rings. The SMILES string of the molecule is CCCC(C)CC[C@H]1N=C2C(=C3NC(=O)/C(C)=C\C=C\[C@H](C)C[C@@H](C)[C@@H](O)[C@@H](C)[C@H](OC(C)=O)[C@H](C)[C@@H](OC)CCC(=O)c4c(OCC)c(C)c(O)c(c42)C3=O)N1. The predicted molar refractivity (Wildman–Crippen MR) is 220 cm³/mol. The van der Waals surface area contributed by atoms with Gasteiger partial charge in [0.25, 0.3) is 5.91 Å². The van der Waals surface area contributed by atoms with Gasteiger partial charge in [0, 0.05) is 49.0 Å². The molecule has 4 N–H and O–H groups in total. The van der Waals surface area contributed by atoms with Crippen LogP contribution in [0.5, 0.6) is 11.5 Å². The van der Waals surface area contributed by atoms with Crippen LogP contribution in [0.25, 0.3) is 0 Å². The summed E-state index contributed by atoms with van der Waals surface area (Å²) < 4.78 is 17.9. The van der Waals surface area contributed by atoms with Crippen molar-refractivity contribution in [3.8, 4) is 11.5 Å². The number of amides is 1. The summed E-state index contributed by atoms with van der Waals surface area (Å²) in [6.07, 6.45) is 7.22. The van der Waals surface area contributed by atoms with E-state index in [1.165, 1.54) is 6.92 Å². The molecule has 2 bridgehead atoms. The Balaban J connectivity index is 1.94. The topological polar surface area (TPSA) is 173 Å². The molecule has 12 heteroatoms. The molecule has 0 saturated carbocycles. The standard InChI is InChI=1S/C45H65N3O9/c1-12-15-23(3)18-21-33-46-37-35-34-31(50)19-20-32(55-11)27(7)43(57-30(10)49)28(8)40(51)26(6)22-24(4)16-14-17-25(5)45(54)48-39(38(37)47-33)42(53)36(35)41(52)29(9)44(34)56-13-2/h14,16-17,23-24,26-28,32-33,40,43,47,51-52H,12-13,15,18-22H2,1-11H3,(H,48,54)/b16-14+,25-17-/t23?,24-,26+,27+,28+,32-,33-,40+,43+/m0/s1. The Kier molecular flexibility index (Phi) is 15.9. The zero-order valence-corrected chi connectivity index (χ0v) is 35.8. The Morgan fingerprint density at radius 2 is 1.72 bits per heavy atom. The van der Waals surface area contributed by atoms with Crippen molar-refractivity contribution < 1.29 is 43.6 Å². The molecule has 12 nitrogen and oxygen atoms in total. The van der Waals surface area contributed by atoms with Crippen LogP contribution in [0, 0.1) is 36.5 Å². The Hall–Kier alpha value is -4.29. The Labute approximate surface area is 338 Å². The number of Topliss-reactive ketones (excluding diaryl/α,β-unsaturated/α-hetero) is 2. The molecule has 0 radical (unpaired) electrons. The molecule has 57 heavy (non-hydrogen) atoms. The molecule has 4 rings (SSSR count). The summed E-state index contributed by atoms with van der Waals surface area (Å²) in [5, 5.41) is 29.5. The minimum absolute atomic E-state index is 0.0240. The molecule has 9 atom stereocenters. The van der Waals surface area contributed by atoms with Crippen molar-refractivity contribution in [2.45, 2.75) is 139 Å². The number of aliphatic imine (C=N–C) groups is 1. The molecular formula is C45H65N3O9. The van der Waals surface area contributed by atoms with Crippen LogP contribution in [0.3, 0.4) is 0 Å². The van der Waals surface area contributed by atoms with Crippen LogP contribution in [0.2, 0.25) is 0 Å². The van der Waals surface area contributed by atoms with E-state index in [1.54, 1.807) is 40.0 Å². The summed E-state index contributed by atoms with van der Waals surface area (Å²) in [4.78, 5) is 60.6. The highest BCUT2D eigenvalue weighted by Gasteiger charge is 2.44. The fraction of sp³-hybridized carbons (Fsp3) is 0.622. The summed E-state index contributed by atoms with van der Waals surface area (Å²) in [6, 6.07) is 0. The maximum absolute atomic E-state index is 14.7. The van der Waals surface area contributed by atoms with Crippen LogP contribution < -0.4 is 15.4 Å². The van der Waals surface area contributed by atoms with Crippen molar-refractivity contribution in [3.63, 3.8) is 0 Å². The monoisotopic (exact) mass is 791 g/mol. The van der Waals surface area contributed by atoms with Crippen LogP contribution in [-0.2, 0) is 19.1 Å². The molecule has 1 amide bonds. The molecule has 0 spiro atoms. The number of phenolic OH excluding ortho intramolecular Hbond substituents is 1. The molecular weight excluding hydrogens is 727 g/mol. The summed E-state index contributed by atoms with van der Waals surface area (Å²) in [5.41, 5.74) is 1.25. The maximum atomic E-state index is 14.7. The summed E-state index contributed by atoms with van der Waals surface area (Å²) >= 11 is 0.